The Bertz CT molecular complexity index is 2190. The first-order chi connectivity index (χ1) is 29.1. The number of carbonyl (C=O) groups is 1. The second kappa shape index (κ2) is 19.6. The molecule has 0 radical (unpaired) electrons. The van der Waals surface area contributed by atoms with E-state index in [2.05, 4.69) is 18.0 Å². The van der Waals surface area contributed by atoms with E-state index in [1.165, 1.54) is 36.5 Å². The van der Waals surface area contributed by atoms with E-state index in [1.54, 1.807) is 42.5 Å². The number of halogens is 1. The number of sulfonamides is 1. The molecular formula is C47H60FN3O9S. The highest BCUT2D eigenvalue weighted by Gasteiger charge is 2.65. The number of nitrogens with zero attached hydrogens (tertiary/aromatic N) is 2. The lowest BCUT2D eigenvalue weighted by atomic mass is 9.55. The van der Waals surface area contributed by atoms with Gasteiger partial charge in [-0.25, -0.2) is 12.8 Å². The Kier molecular flexibility index (Phi) is 14.8. The fourth-order valence-corrected chi connectivity index (χ4v) is 10.4. The van der Waals surface area contributed by atoms with Crippen molar-refractivity contribution in [2.75, 3.05) is 32.2 Å². The van der Waals surface area contributed by atoms with Crippen LogP contribution in [-0.2, 0) is 31.0 Å². The van der Waals surface area contributed by atoms with Gasteiger partial charge in [0.15, 0.2) is 0 Å². The summed E-state index contributed by atoms with van der Waals surface area (Å²) < 4.78 is 66.0. The number of allylic oxidation sites excluding steroid dienone is 1. The molecule has 0 bridgehead atoms. The highest BCUT2D eigenvalue weighted by atomic mass is 32.2. The van der Waals surface area contributed by atoms with E-state index < -0.39 is 33.4 Å². The zero-order valence-electron chi connectivity index (χ0n) is 35.8. The van der Waals surface area contributed by atoms with Gasteiger partial charge >= 0.3 is 0 Å². The molecule has 1 fully saturated rings. The Morgan fingerprint density at radius 2 is 1.75 bits per heavy atom. The maximum Gasteiger partial charge on any atom is 0.243 e. The van der Waals surface area contributed by atoms with Crippen molar-refractivity contribution in [3.8, 4) is 11.5 Å². The van der Waals surface area contributed by atoms with Crippen molar-refractivity contribution in [3.63, 3.8) is 0 Å². The number of oxime groups is 1. The van der Waals surface area contributed by atoms with Gasteiger partial charge in [0.2, 0.25) is 21.7 Å². The Morgan fingerprint density at radius 3 is 2.41 bits per heavy atom. The van der Waals surface area contributed by atoms with Crippen LogP contribution in [0.5, 0.6) is 11.5 Å². The van der Waals surface area contributed by atoms with Crippen molar-refractivity contribution in [1.82, 2.24) is 4.31 Å². The topological polar surface area (TPSA) is 156 Å². The number of benzene rings is 3. The van der Waals surface area contributed by atoms with Crippen molar-refractivity contribution >= 4 is 27.3 Å². The van der Waals surface area contributed by atoms with E-state index in [-0.39, 0.29) is 67.2 Å². The second-order valence-corrected chi connectivity index (χ2v) is 19.1. The van der Waals surface area contributed by atoms with Gasteiger partial charge in [-0.05, 0) is 112 Å². The number of rotatable bonds is 19. The normalized spacial score (nSPS) is 24.0. The number of hydrogen-bond acceptors (Lipinski definition) is 10. The van der Waals surface area contributed by atoms with E-state index in [9.17, 15) is 27.8 Å². The predicted octanol–water partition coefficient (Wildman–Crippen LogP) is 8.12. The van der Waals surface area contributed by atoms with Crippen LogP contribution in [0.3, 0.4) is 0 Å². The molecule has 3 aromatic carbocycles. The van der Waals surface area contributed by atoms with Gasteiger partial charge in [0.05, 0.1) is 29.2 Å². The lowest BCUT2D eigenvalue weighted by Gasteiger charge is -2.59. The first kappa shape index (κ1) is 45.9. The van der Waals surface area contributed by atoms with Gasteiger partial charge < -0.3 is 34.6 Å². The number of hydrogen-bond donors (Lipinski definition) is 3. The van der Waals surface area contributed by atoms with Gasteiger partial charge in [-0.1, -0.05) is 48.3 Å². The summed E-state index contributed by atoms with van der Waals surface area (Å²) in [6.45, 7) is 11.2. The Hall–Kier alpha value is -4.60. The molecule has 61 heavy (non-hydrogen) atoms. The van der Waals surface area contributed by atoms with E-state index in [0.29, 0.717) is 41.3 Å². The molecule has 12 nitrogen and oxygen atoms in total. The maximum atomic E-state index is 14.8. The number of aliphatic hydroxyl groups is 2. The third-order valence-corrected chi connectivity index (χ3v) is 13.6. The zero-order valence-corrected chi connectivity index (χ0v) is 36.6. The smallest absolute Gasteiger partial charge is 0.243 e. The van der Waals surface area contributed by atoms with Crippen molar-refractivity contribution in [3.05, 3.63) is 108 Å². The van der Waals surface area contributed by atoms with Crippen molar-refractivity contribution in [2.45, 2.75) is 107 Å². The third-order valence-electron chi connectivity index (χ3n) is 11.7. The molecular weight excluding hydrogens is 802 g/mol. The minimum Gasteiger partial charge on any atom is -0.489 e. The second-order valence-electron chi connectivity index (χ2n) is 17.1. The number of ether oxygens (including phenoxy) is 3. The Balaban J connectivity index is 1.57. The fraction of sp³-hybridized carbons (Fsp3) is 0.489. The van der Waals surface area contributed by atoms with Crippen LogP contribution in [0.25, 0.3) is 0 Å². The van der Waals surface area contributed by atoms with Crippen LogP contribution in [-0.4, -0.2) is 78.9 Å². The zero-order chi connectivity index (χ0) is 44.0. The number of anilines is 1. The summed E-state index contributed by atoms with van der Waals surface area (Å²) in [6.07, 6.45) is 8.11. The lowest BCUT2D eigenvalue weighted by molar-refractivity contribution is -0.250. The number of fused-ring (bicyclic) bond motifs is 2. The summed E-state index contributed by atoms with van der Waals surface area (Å²) in [5, 5.41) is 27.3. The van der Waals surface area contributed by atoms with E-state index in [4.69, 9.17) is 24.2 Å². The fourth-order valence-electron chi connectivity index (χ4n) is 9.01. The highest BCUT2D eigenvalue weighted by molar-refractivity contribution is 7.89. The van der Waals surface area contributed by atoms with Gasteiger partial charge in [0.1, 0.15) is 29.5 Å². The molecule has 6 atom stereocenters. The van der Waals surface area contributed by atoms with E-state index in [1.807, 2.05) is 32.9 Å². The molecule has 1 heterocycles. The quantitative estimate of drug-likeness (QED) is 0.0616. The van der Waals surface area contributed by atoms with Crippen LogP contribution in [0.2, 0.25) is 0 Å². The number of nitrogens with one attached hydrogen (secondary N) is 1. The average Bonchev–Trinajstić information content (AvgIpc) is 3.22. The summed E-state index contributed by atoms with van der Waals surface area (Å²) in [5.41, 5.74) is 2.41. The van der Waals surface area contributed by atoms with Gasteiger partial charge in [-0.2, -0.15) is 4.31 Å². The largest absolute Gasteiger partial charge is 0.489 e. The maximum absolute atomic E-state index is 14.8. The first-order valence-electron chi connectivity index (χ1n) is 21.1. The highest BCUT2D eigenvalue weighted by Crippen LogP contribution is 2.62. The molecule has 0 spiro atoms. The van der Waals surface area contributed by atoms with Crippen LogP contribution in [0.4, 0.5) is 10.1 Å². The number of carbonyl (C=O) groups excluding carboxylic acids is 1. The number of likely N-dealkylation sites (N-methyl/N-ethyl adjacent to an activating group) is 1. The van der Waals surface area contributed by atoms with Crippen LogP contribution >= 0.6 is 0 Å². The van der Waals surface area contributed by atoms with Crippen LogP contribution in [0.15, 0.2) is 101 Å². The van der Waals surface area contributed by atoms with E-state index in [0.717, 1.165) is 36.8 Å². The number of unbranched alkanes of at least 4 members (excludes halogenated alkanes) is 2. The van der Waals surface area contributed by atoms with Crippen molar-refractivity contribution in [1.29, 1.82) is 0 Å². The molecule has 3 aliphatic rings. The minimum atomic E-state index is -4.25. The van der Waals surface area contributed by atoms with Crippen LogP contribution < -0.4 is 14.8 Å². The lowest BCUT2D eigenvalue weighted by Crippen LogP contribution is -2.69. The average molecular weight is 862 g/mol. The molecule has 6 unspecified atom stereocenters. The molecule has 0 aromatic heterocycles. The molecule has 6 rings (SSSR count). The van der Waals surface area contributed by atoms with Crippen LogP contribution in [0.1, 0.15) is 89.7 Å². The first-order valence-corrected chi connectivity index (χ1v) is 22.6. The van der Waals surface area contributed by atoms with Gasteiger partial charge in [-0.3, -0.25) is 4.79 Å². The SMILES string of the molecule is C=CCOC12Oc3ccc(OCc4ccccc4F)cc3C3C(CCCCO)C(CCCCO)C=C(C(=NOC(C)(C)C)CC1N(C)S(=O)(=O)c1ccc(NC(C)=O)cc1)C32. The third kappa shape index (κ3) is 10.2. The monoisotopic (exact) mass is 861 g/mol. The van der Waals surface area contributed by atoms with E-state index >= 15 is 0 Å². The number of aliphatic hydroxyl groups excluding tert-OH is 2. The molecule has 2 aliphatic carbocycles. The number of amides is 1. The summed E-state index contributed by atoms with van der Waals surface area (Å²) >= 11 is 0. The van der Waals surface area contributed by atoms with Gasteiger partial charge in [0, 0.05) is 56.3 Å². The Morgan fingerprint density at radius 1 is 1.05 bits per heavy atom. The molecule has 3 aromatic rings. The minimum absolute atomic E-state index is 0.000861. The molecule has 14 heteroatoms. The summed E-state index contributed by atoms with van der Waals surface area (Å²) in [7, 11) is -2.73. The summed E-state index contributed by atoms with van der Waals surface area (Å²) in [4.78, 5) is 17.9. The molecule has 1 saturated carbocycles. The van der Waals surface area contributed by atoms with Crippen molar-refractivity contribution in [2.24, 2.45) is 22.9 Å². The van der Waals surface area contributed by atoms with Gasteiger partial charge in [0.25, 0.3) is 0 Å². The molecule has 1 aliphatic heterocycles. The molecule has 330 valence electrons. The standard InChI is InChI=1S/C47H60FN3O9S/c1-7-26-58-47-43(51(6)61(55,56)36-21-18-34(19-22-36)49-31(2)54)29-41(50-60-46(3,4)5)38-27-32(14-10-12-24-52)37(16-11-13-25-53)44(45(38)47)39-28-35(20-23-42(39)59-47)57-30-33-15-8-9-17-40(33)48/h7-9,15,17-23,27-28,32,37,43-45,52-53H,1,10-14,16,24-26,29-30H2,2-6H3,(H,49,54). The van der Waals surface area contributed by atoms with Crippen LogP contribution in [0, 0.1) is 23.6 Å². The Labute approximate surface area is 359 Å². The molecule has 0 saturated heterocycles. The van der Waals surface area contributed by atoms with Gasteiger partial charge in [-0.15, -0.1) is 6.58 Å². The molecule has 1 amide bonds. The molecule has 3 N–H and O–H groups in total. The summed E-state index contributed by atoms with van der Waals surface area (Å²) in [5.74, 6) is -2.30. The predicted molar refractivity (Wildman–Crippen MR) is 232 cm³/mol. The summed E-state index contributed by atoms with van der Waals surface area (Å²) in [6, 6.07) is 17.0. The van der Waals surface area contributed by atoms with Crippen molar-refractivity contribution < 1.29 is 46.9 Å².